The van der Waals surface area contributed by atoms with Crippen molar-refractivity contribution in [3.05, 3.63) is 77.2 Å². The second-order valence-electron chi connectivity index (χ2n) is 8.08. The number of anilines is 2. The molecular weight excluding hydrogens is 434 g/mol. The molecule has 0 unspecified atom stereocenters. The maximum absolute atomic E-state index is 12.4. The van der Waals surface area contributed by atoms with E-state index in [1.165, 1.54) is 7.11 Å². The van der Waals surface area contributed by atoms with Gasteiger partial charge in [0, 0.05) is 11.3 Å². The number of hydrogen-bond acceptors (Lipinski definition) is 7. The minimum atomic E-state index is -0.624. The summed E-state index contributed by atoms with van der Waals surface area (Å²) in [4.78, 5) is 24.3. The Balaban J connectivity index is 1.41. The molecule has 2 N–H and O–H groups in total. The molecule has 0 saturated heterocycles. The van der Waals surface area contributed by atoms with Crippen molar-refractivity contribution >= 4 is 23.4 Å². The van der Waals surface area contributed by atoms with E-state index in [2.05, 4.69) is 27.6 Å². The largest absolute Gasteiger partial charge is 0.467 e. The van der Waals surface area contributed by atoms with Crippen LogP contribution in [0.15, 0.2) is 59.1 Å². The highest BCUT2D eigenvalue weighted by atomic mass is 16.6. The normalized spacial score (nSPS) is 14.2. The van der Waals surface area contributed by atoms with Crippen LogP contribution in [0.4, 0.5) is 16.2 Å². The van der Waals surface area contributed by atoms with Gasteiger partial charge in [0.2, 0.25) is 5.76 Å². The maximum Gasteiger partial charge on any atom is 0.412 e. The van der Waals surface area contributed by atoms with Gasteiger partial charge in [0.05, 0.1) is 7.11 Å². The van der Waals surface area contributed by atoms with E-state index in [1.807, 2.05) is 54.6 Å². The summed E-state index contributed by atoms with van der Waals surface area (Å²) >= 11 is 0. The second kappa shape index (κ2) is 9.71. The Morgan fingerprint density at radius 3 is 2.44 bits per heavy atom. The zero-order valence-corrected chi connectivity index (χ0v) is 19.2. The Labute approximate surface area is 197 Å². The molecule has 0 bridgehead atoms. The molecule has 1 atom stereocenters. The van der Waals surface area contributed by atoms with Crippen LogP contribution in [0, 0.1) is 18.8 Å². The fraction of sp³-hybridized carbons (Fsp3) is 0.269. The van der Waals surface area contributed by atoms with Crippen LogP contribution in [-0.2, 0) is 14.3 Å². The number of hydrogen-bond donors (Lipinski definition) is 2. The molecule has 1 aromatic heterocycles. The standard InChI is InChI=1S/C26H25N3O5/c1-17-23(27-25(31)33-18(2)20-7-5-4-6-8-20)22(34-29-17)14-11-19-9-12-21(13-10-19)28-26(15-16-26)24(30)32-3/h4-10,12-13,18,28H,15-16H2,1-3H3,(H,27,31)/t18-/m1/s1. The summed E-state index contributed by atoms with van der Waals surface area (Å²) < 4.78 is 15.6. The van der Waals surface area contributed by atoms with Crippen LogP contribution in [0.1, 0.15) is 48.5 Å². The molecule has 4 rings (SSSR count). The number of rotatable bonds is 6. The van der Waals surface area contributed by atoms with Crippen LogP contribution in [0.25, 0.3) is 0 Å². The first-order valence-electron chi connectivity index (χ1n) is 10.9. The summed E-state index contributed by atoms with van der Waals surface area (Å²) in [6, 6.07) is 16.8. The van der Waals surface area contributed by atoms with Gasteiger partial charge in [-0.3, -0.25) is 5.32 Å². The lowest BCUT2D eigenvalue weighted by atomic mass is 10.1. The smallest absolute Gasteiger partial charge is 0.412 e. The number of aryl methyl sites for hydroxylation is 1. The molecule has 2 aromatic carbocycles. The number of amides is 1. The van der Waals surface area contributed by atoms with Gasteiger partial charge in [0.25, 0.3) is 0 Å². The van der Waals surface area contributed by atoms with Gasteiger partial charge in [-0.25, -0.2) is 9.59 Å². The first-order valence-corrected chi connectivity index (χ1v) is 10.9. The first kappa shape index (κ1) is 22.9. The van der Waals surface area contributed by atoms with Crippen molar-refractivity contribution < 1.29 is 23.6 Å². The van der Waals surface area contributed by atoms with E-state index in [0.717, 1.165) is 29.7 Å². The zero-order chi connectivity index (χ0) is 24.1. The van der Waals surface area contributed by atoms with Crippen LogP contribution in [0.5, 0.6) is 0 Å². The van der Waals surface area contributed by atoms with Crippen LogP contribution in [0.3, 0.4) is 0 Å². The molecule has 3 aromatic rings. The van der Waals surface area contributed by atoms with Crippen molar-refractivity contribution in [3.63, 3.8) is 0 Å². The number of carbonyl (C=O) groups is 2. The summed E-state index contributed by atoms with van der Waals surface area (Å²) in [6.07, 6.45) is 0.445. The van der Waals surface area contributed by atoms with Gasteiger partial charge in [-0.05, 0) is 62.4 Å². The average Bonchev–Trinajstić information content (AvgIpc) is 3.56. The molecule has 0 radical (unpaired) electrons. The van der Waals surface area contributed by atoms with Crippen LogP contribution in [-0.4, -0.2) is 29.9 Å². The fourth-order valence-corrected chi connectivity index (χ4v) is 3.43. The fourth-order valence-electron chi connectivity index (χ4n) is 3.43. The van der Waals surface area contributed by atoms with Crippen molar-refractivity contribution in [2.75, 3.05) is 17.7 Å². The first-order chi connectivity index (χ1) is 16.4. The van der Waals surface area contributed by atoms with Gasteiger partial charge in [-0.2, -0.15) is 0 Å². The SMILES string of the molecule is COC(=O)C1(Nc2ccc(C#Cc3onc(C)c3NC(=O)O[C@H](C)c3ccccc3)cc2)CC1. The molecule has 8 nitrogen and oxygen atoms in total. The highest BCUT2D eigenvalue weighted by Gasteiger charge is 2.51. The van der Waals surface area contributed by atoms with Crippen molar-refractivity contribution in [1.82, 2.24) is 5.16 Å². The zero-order valence-electron chi connectivity index (χ0n) is 19.2. The summed E-state index contributed by atoms with van der Waals surface area (Å²) in [7, 11) is 1.39. The lowest BCUT2D eigenvalue weighted by molar-refractivity contribution is -0.142. The van der Waals surface area contributed by atoms with E-state index >= 15 is 0 Å². The lowest BCUT2D eigenvalue weighted by Crippen LogP contribution is -2.32. The number of esters is 1. The van der Waals surface area contributed by atoms with Crippen molar-refractivity contribution in [1.29, 1.82) is 0 Å². The molecule has 1 saturated carbocycles. The lowest BCUT2D eigenvalue weighted by Gasteiger charge is -2.16. The van der Waals surface area contributed by atoms with E-state index in [4.69, 9.17) is 14.0 Å². The maximum atomic E-state index is 12.4. The van der Waals surface area contributed by atoms with E-state index in [0.29, 0.717) is 11.4 Å². The molecule has 0 aliphatic heterocycles. The molecule has 0 spiro atoms. The topological polar surface area (TPSA) is 103 Å². The van der Waals surface area contributed by atoms with Gasteiger partial charge in [-0.15, -0.1) is 0 Å². The third-order valence-electron chi connectivity index (χ3n) is 5.56. The van der Waals surface area contributed by atoms with Crippen molar-refractivity contribution in [2.45, 2.75) is 38.3 Å². The average molecular weight is 460 g/mol. The van der Waals surface area contributed by atoms with Gasteiger partial charge in [0.15, 0.2) is 0 Å². The van der Waals surface area contributed by atoms with E-state index < -0.39 is 17.7 Å². The van der Waals surface area contributed by atoms with Crippen LogP contribution in [0.2, 0.25) is 0 Å². The van der Waals surface area contributed by atoms with E-state index in [9.17, 15) is 9.59 Å². The van der Waals surface area contributed by atoms with Gasteiger partial charge in [0.1, 0.15) is 23.0 Å². The van der Waals surface area contributed by atoms with Gasteiger partial charge in [-0.1, -0.05) is 41.4 Å². The number of nitrogens with one attached hydrogen (secondary N) is 2. The molecule has 1 fully saturated rings. The van der Waals surface area contributed by atoms with Crippen molar-refractivity contribution in [2.24, 2.45) is 0 Å². The monoisotopic (exact) mass is 459 g/mol. The Morgan fingerprint density at radius 2 is 1.79 bits per heavy atom. The minimum Gasteiger partial charge on any atom is -0.467 e. The minimum absolute atomic E-state index is 0.228. The second-order valence-corrected chi connectivity index (χ2v) is 8.08. The number of ether oxygens (including phenoxy) is 2. The summed E-state index contributed by atoms with van der Waals surface area (Å²) in [5.74, 6) is 5.88. The third kappa shape index (κ3) is 5.21. The molecule has 1 amide bonds. The van der Waals surface area contributed by atoms with E-state index in [1.54, 1.807) is 13.8 Å². The van der Waals surface area contributed by atoms with Crippen LogP contribution < -0.4 is 10.6 Å². The number of carbonyl (C=O) groups excluding carboxylic acids is 2. The number of aromatic nitrogens is 1. The molecule has 1 aliphatic rings. The molecule has 1 heterocycles. The summed E-state index contributed by atoms with van der Waals surface area (Å²) in [5.41, 5.74) is 2.66. The molecule has 1 aliphatic carbocycles. The summed E-state index contributed by atoms with van der Waals surface area (Å²) in [5, 5.41) is 9.81. The number of nitrogens with zero attached hydrogens (tertiary/aromatic N) is 1. The number of benzene rings is 2. The number of methoxy groups -OCH3 is 1. The third-order valence-corrected chi connectivity index (χ3v) is 5.56. The quantitative estimate of drug-likeness (QED) is 0.403. The van der Waals surface area contributed by atoms with Gasteiger partial charge < -0.3 is 19.3 Å². The molecule has 174 valence electrons. The predicted octanol–water partition coefficient (Wildman–Crippen LogP) is 4.81. The van der Waals surface area contributed by atoms with Crippen LogP contribution >= 0.6 is 0 Å². The molecular formula is C26H25N3O5. The predicted molar refractivity (Wildman–Crippen MR) is 126 cm³/mol. The Hall–Kier alpha value is -4.25. The Bertz CT molecular complexity index is 1230. The molecule has 8 heteroatoms. The summed E-state index contributed by atoms with van der Waals surface area (Å²) in [6.45, 7) is 3.51. The Morgan fingerprint density at radius 1 is 1.09 bits per heavy atom. The highest BCUT2D eigenvalue weighted by molar-refractivity contribution is 5.88. The van der Waals surface area contributed by atoms with Gasteiger partial charge >= 0.3 is 12.1 Å². The van der Waals surface area contributed by atoms with Crippen molar-refractivity contribution in [3.8, 4) is 11.8 Å². The Kier molecular flexibility index (Phi) is 6.55. The van der Waals surface area contributed by atoms with E-state index in [-0.39, 0.29) is 11.7 Å². The molecule has 34 heavy (non-hydrogen) atoms. The highest BCUT2D eigenvalue weighted by Crippen LogP contribution is 2.40.